The molecule has 2 amide bonds. The van der Waals surface area contributed by atoms with Crippen molar-refractivity contribution in [2.24, 2.45) is 28.8 Å². The van der Waals surface area contributed by atoms with Crippen LogP contribution in [0.4, 0.5) is 0 Å². The molecule has 2 fully saturated rings. The fourth-order valence-corrected chi connectivity index (χ4v) is 6.05. The Morgan fingerprint density at radius 1 is 1.09 bits per heavy atom. The maximum atomic E-state index is 12.8. The number of hydrazone groups is 1. The van der Waals surface area contributed by atoms with Gasteiger partial charge in [-0.1, -0.05) is 18.2 Å². The molecule has 2 aromatic carbocycles. The highest BCUT2D eigenvalue weighted by Gasteiger charge is 2.59. The van der Waals surface area contributed by atoms with Gasteiger partial charge in [0.05, 0.1) is 28.7 Å². The number of halogens is 1. The van der Waals surface area contributed by atoms with E-state index in [-0.39, 0.29) is 42.3 Å². The number of imide groups is 1. The van der Waals surface area contributed by atoms with Crippen molar-refractivity contribution in [3.63, 3.8) is 0 Å². The normalized spacial score (nSPS) is 26.1. The van der Waals surface area contributed by atoms with E-state index >= 15 is 0 Å². The zero-order valence-electron chi connectivity index (χ0n) is 18.3. The molecule has 6 rings (SSSR count). The van der Waals surface area contributed by atoms with Gasteiger partial charge in [-0.05, 0) is 76.2 Å². The maximum Gasteiger partial charge on any atom is 0.254 e. The molecule has 34 heavy (non-hydrogen) atoms. The van der Waals surface area contributed by atoms with Gasteiger partial charge in [0.1, 0.15) is 6.61 Å². The number of hydrogen-bond acceptors (Lipinski definition) is 7. The molecule has 0 radical (unpaired) electrons. The third-order valence-corrected chi connectivity index (χ3v) is 7.64. The van der Waals surface area contributed by atoms with Crippen LogP contribution < -0.4 is 18.9 Å². The summed E-state index contributed by atoms with van der Waals surface area (Å²) in [6.45, 7) is 0.550. The molecule has 2 heterocycles. The molecule has 2 aliphatic carbocycles. The second-order valence-corrected chi connectivity index (χ2v) is 9.91. The van der Waals surface area contributed by atoms with Crippen molar-refractivity contribution in [2.75, 3.05) is 13.9 Å². The van der Waals surface area contributed by atoms with Crippen LogP contribution in [0.25, 0.3) is 0 Å². The highest BCUT2D eigenvalue weighted by molar-refractivity contribution is 14.1. The van der Waals surface area contributed by atoms with Gasteiger partial charge in [0.2, 0.25) is 6.79 Å². The van der Waals surface area contributed by atoms with Gasteiger partial charge in [-0.2, -0.15) is 10.1 Å². The monoisotopic (exact) mass is 572 g/mol. The number of nitrogens with zero attached hydrogens (tertiary/aromatic N) is 2. The molecule has 0 N–H and O–H groups in total. The molecular weight excluding hydrogens is 551 g/mol. The van der Waals surface area contributed by atoms with Crippen molar-refractivity contribution in [3.05, 3.63) is 57.2 Å². The fraction of sp³-hybridized carbons (Fsp3) is 0.320. The minimum atomic E-state index is -0.263. The maximum absolute atomic E-state index is 12.8. The molecule has 1 saturated carbocycles. The van der Waals surface area contributed by atoms with Gasteiger partial charge in [0.15, 0.2) is 23.0 Å². The number of fused-ring (bicyclic) bond motifs is 6. The number of rotatable bonds is 6. The zero-order valence-corrected chi connectivity index (χ0v) is 20.4. The first-order chi connectivity index (χ1) is 16.5. The Balaban J connectivity index is 1.18. The number of carbonyl (C=O) groups excluding carboxylic acids is 2. The number of methoxy groups -OCH3 is 1. The smallest absolute Gasteiger partial charge is 0.254 e. The molecular formula is C25H21IN2O6. The van der Waals surface area contributed by atoms with Gasteiger partial charge in [0.25, 0.3) is 11.8 Å². The third-order valence-electron chi connectivity index (χ3n) is 6.84. The second-order valence-electron chi connectivity index (χ2n) is 8.74. The predicted octanol–water partition coefficient (Wildman–Crippen LogP) is 3.75. The molecule has 8 nitrogen and oxygen atoms in total. The molecule has 0 spiro atoms. The van der Waals surface area contributed by atoms with Crippen molar-refractivity contribution >= 4 is 40.6 Å². The SMILES string of the molecule is COc1cc(C=NN2C(=O)[C@@H]3[C@H](C2=O)[C@H]2C=C[C@H]3C2)cc(I)c1OCc1ccc2c(c1)OCO2. The van der Waals surface area contributed by atoms with Gasteiger partial charge in [0, 0.05) is 0 Å². The van der Waals surface area contributed by atoms with E-state index in [2.05, 4.69) is 39.8 Å². The number of ether oxygens (including phenoxy) is 4. The van der Waals surface area contributed by atoms with Gasteiger partial charge in [-0.25, -0.2) is 0 Å². The van der Waals surface area contributed by atoms with E-state index in [1.807, 2.05) is 24.3 Å². The number of carbonyl (C=O) groups is 2. The van der Waals surface area contributed by atoms with Crippen LogP contribution in [0.2, 0.25) is 0 Å². The number of amides is 2. The molecule has 1 saturated heterocycles. The lowest BCUT2D eigenvalue weighted by Crippen LogP contribution is -2.28. The van der Waals surface area contributed by atoms with Crippen molar-refractivity contribution in [2.45, 2.75) is 13.0 Å². The summed E-state index contributed by atoms with van der Waals surface area (Å²) in [6, 6.07) is 9.33. The first kappa shape index (κ1) is 21.5. The molecule has 0 aromatic heterocycles. The lowest BCUT2D eigenvalue weighted by molar-refractivity contribution is -0.140. The summed E-state index contributed by atoms with van der Waals surface area (Å²) >= 11 is 2.17. The summed E-state index contributed by atoms with van der Waals surface area (Å²) in [5.74, 6) is 1.96. The minimum Gasteiger partial charge on any atom is -0.493 e. The van der Waals surface area contributed by atoms with Crippen LogP contribution >= 0.6 is 22.6 Å². The van der Waals surface area contributed by atoms with E-state index in [4.69, 9.17) is 18.9 Å². The molecule has 174 valence electrons. The lowest BCUT2D eigenvalue weighted by Gasteiger charge is -2.14. The van der Waals surface area contributed by atoms with E-state index in [1.165, 1.54) is 6.21 Å². The molecule has 9 heteroatoms. The van der Waals surface area contributed by atoms with Crippen molar-refractivity contribution < 1.29 is 28.5 Å². The number of hydrogen-bond donors (Lipinski definition) is 0. The second kappa shape index (κ2) is 8.30. The summed E-state index contributed by atoms with van der Waals surface area (Å²) in [4.78, 5) is 25.7. The van der Waals surface area contributed by atoms with Crippen molar-refractivity contribution in [1.82, 2.24) is 5.01 Å². The van der Waals surface area contributed by atoms with Crippen molar-refractivity contribution in [3.8, 4) is 23.0 Å². The third kappa shape index (κ3) is 3.44. The molecule has 2 aromatic rings. The zero-order chi connectivity index (χ0) is 23.4. The van der Waals surface area contributed by atoms with Crippen LogP contribution in [0.15, 0.2) is 47.6 Å². The van der Waals surface area contributed by atoms with E-state index in [0.717, 1.165) is 26.3 Å². The van der Waals surface area contributed by atoms with E-state index in [1.54, 1.807) is 13.2 Å². The van der Waals surface area contributed by atoms with Crippen LogP contribution in [0.1, 0.15) is 17.5 Å². The average Bonchev–Trinajstić information content (AvgIpc) is 3.61. The highest BCUT2D eigenvalue weighted by Crippen LogP contribution is 2.52. The predicted molar refractivity (Wildman–Crippen MR) is 130 cm³/mol. The van der Waals surface area contributed by atoms with Crippen LogP contribution in [0.5, 0.6) is 23.0 Å². The Labute approximate surface area is 209 Å². The molecule has 2 aliphatic heterocycles. The van der Waals surface area contributed by atoms with Crippen LogP contribution in [0, 0.1) is 27.2 Å². The minimum absolute atomic E-state index is 0.161. The first-order valence-corrected chi connectivity index (χ1v) is 12.1. The molecule has 4 aliphatic rings. The summed E-state index contributed by atoms with van der Waals surface area (Å²) < 4.78 is 23.2. The Bertz CT molecular complexity index is 1230. The Kier molecular flexibility index (Phi) is 5.23. The van der Waals surface area contributed by atoms with Gasteiger partial charge in [-0.15, -0.1) is 0 Å². The molecule has 0 unspecified atom stereocenters. The van der Waals surface area contributed by atoms with Crippen LogP contribution in [-0.2, 0) is 16.2 Å². The summed E-state index contributed by atoms with van der Waals surface area (Å²) in [6.07, 6.45) is 6.56. The van der Waals surface area contributed by atoms with Gasteiger partial charge < -0.3 is 18.9 Å². The Hall–Kier alpha value is -3.08. The summed E-state index contributed by atoms with van der Waals surface area (Å²) in [5.41, 5.74) is 1.64. The first-order valence-electron chi connectivity index (χ1n) is 11.0. The van der Waals surface area contributed by atoms with Gasteiger partial charge >= 0.3 is 0 Å². The van der Waals surface area contributed by atoms with Crippen molar-refractivity contribution in [1.29, 1.82) is 0 Å². The Morgan fingerprint density at radius 3 is 2.56 bits per heavy atom. The summed E-state index contributed by atoms with van der Waals surface area (Å²) in [7, 11) is 1.57. The lowest BCUT2D eigenvalue weighted by atomic mass is 9.85. The van der Waals surface area contributed by atoms with Gasteiger partial charge in [-0.3, -0.25) is 9.59 Å². The standard InChI is InChI=1S/C25H21IN2O6/c1-31-20-8-14(10-27-28-24(29)21-15-3-4-16(9-15)22(21)25(28)30)6-17(26)23(20)32-11-13-2-5-18-19(7-13)34-12-33-18/h2-8,10,15-16,21-22H,9,11-12H2,1H3/t15-,16-,21-,22+/m0/s1. The quantitative estimate of drug-likeness (QED) is 0.227. The number of allylic oxidation sites excluding steroid dienone is 2. The summed E-state index contributed by atoms with van der Waals surface area (Å²) in [5, 5.41) is 5.31. The average molecular weight is 572 g/mol. The fourth-order valence-electron chi connectivity index (χ4n) is 5.27. The van der Waals surface area contributed by atoms with Crippen LogP contribution in [0.3, 0.4) is 0 Å². The molecule has 2 bridgehead atoms. The topological polar surface area (TPSA) is 86.7 Å². The van der Waals surface area contributed by atoms with E-state index in [9.17, 15) is 9.59 Å². The molecule has 4 atom stereocenters. The van der Waals surface area contributed by atoms with E-state index < -0.39 is 0 Å². The Morgan fingerprint density at radius 2 is 1.82 bits per heavy atom. The number of benzene rings is 2. The highest BCUT2D eigenvalue weighted by atomic mass is 127. The van der Waals surface area contributed by atoms with E-state index in [0.29, 0.717) is 29.4 Å². The largest absolute Gasteiger partial charge is 0.493 e. The van der Waals surface area contributed by atoms with Crippen LogP contribution in [-0.4, -0.2) is 36.9 Å².